The molecule has 1 atom stereocenters. The fraction of sp³-hybridized carbons (Fsp3) is 0.290. The minimum absolute atomic E-state index is 0.152. The van der Waals surface area contributed by atoms with E-state index in [1.165, 1.54) is 61.2 Å². The number of hydrogen-bond donors (Lipinski definition) is 1. The second kappa shape index (κ2) is 9.49. The van der Waals surface area contributed by atoms with Gasteiger partial charge in [0, 0.05) is 18.3 Å². The summed E-state index contributed by atoms with van der Waals surface area (Å²) < 4.78 is 0. The van der Waals surface area contributed by atoms with Crippen LogP contribution in [0.25, 0.3) is 22.3 Å². The van der Waals surface area contributed by atoms with Crippen molar-refractivity contribution in [1.82, 2.24) is 0 Å². The van der Waals surface area contributed by atoms with Crippen LogP contribution in [0.1, 0.15) is 51.8 Å². The maximum Gasteiger partial charge on any atom is 0.0637 e. The molecule has 32 heavy (non-hydrogen) atoms. The summed E-state index contributed by atoms with van der Waals surface area (Å²) in [6.45, 7) is 17.2. The molecule has 0 aliphatic carbocycles. The number of rotatable bonds is 6. The van der Waals surface area contributed by atoms with Crippen LogP contribution in [0.15, 0.2) is 49.1 Å². The monoisotopic (exact) mass is 421 g/mol. The first kappa shape index (κ1) is 23.4. The maximum atomic E-state index is 6.03. The Kier molecular flexibility index (Phi) is 6.95. The Morgan fingerprint density at radius 2 is 1.44 bits per heavy atom. The van der Waals surface area contributed by atoms with Crippen molar-refractivity contribution in [2.75, 3.05) is 12.4 Å². The minimum Gasteiger partial charge on any atom is -0.387 e. The first-order valence-electron chi connectivity index (χ1n) is 11.4. The van der Waals surface area contributed by atoms with E-state index in [9.17, 15) is 0 Å². The number of nitrogens with one attached hydrogen (secondary N) is 1. The molecule has 0 bridgehead atoms. The van der Waals surface area contributed by atoms with Gasteiger partial charge in [-0.1, -0.05) is 55.3 Å². The third-order valence-electron chi connectivity index (χ3n) is 6.82. The first-order chi connectivity index (χ1) is 15.3. The summed E-state index contributed by atoms with van der Waals surface area (Å²) in [6, 6.07) is 13.5. The molecular formula is C31H35N. The smallest absolute Gasteiger partial charge is 0.0637 e. The lowest BCUT2D eigenvalue weighted by atomic mass is 9.78. The van der Waals surface area contributed by atoms with Crippen LogP contribution in [-0.4, -0.2) is 7.05 Å². The molecule has 1 unspecified atom stereocenters. The van der Waals surface area contributed by atoms with E-state index >= 15 is 0 Å². The predicted molar refractivity (Wildman–Crippen MR) is 142 cm³/mol. The van der Waals surface area contributed by atoms with Gasteiger partial charge in [-0.05, 0) is 96.7 Å². The SMILES string of the molecule is C#CC(C=C)c1c(CC)c(NC)c(-c2ccc(C)c(C)c2)c(C)c1-c1ccc(C)c(C)c1. The standard InChI is InChI=1S/C31H35N/c1-10-24(11-2)30-27(12-3)31(32-9)29(26-16-14-20(5)22(7)18-26)23(8)28(30)25-15-13-19(4)21(6)17-25/h1,11,13-18,24,32H,2,12H2,3-9H3. The van der Waals surface area contributed by atoms with Gasteiger partial charge in [0.15, 0.2) is 0 Å². The molecule has 0 radical (unpaired) electrons. The van der Waals surface area contributed by atoms with Gasteiger partial charge in [-0.25, -0.2) is 0 Å². The van der Waals surface area contributed by atoms with Crippen molar-refractivity contribution >= 4 is 5.69 Å². The van der Waals surface area contributed by atoms with Gasteiger partial charge in [-0.15, -0.1) is 13.0 Å². The molecule has 3 rings (SSSR count). The summed E-state index contributed by atoms with van der Waals surface area (Å²) in [6.07, 6.45) is 8.80. The van der Waals surface area contributed by atoms with E-state index in [1.807, 2.05) is 13.1 Å². The molecule has 0 aliphatic heterocycles. The Bertz CT molecular complexity index is 1220. The van der Waals surface area contributed by atoms with Crippen molar-refractivity contribution in [3.63, 3.8) is 0 Å². The molecule has 0 fully saturated rings. The van der Waals surface area contributed by atoms with E-state index in [2.05, 4.69) is 95.8 Å². The summed E-state index contributed by atoms with van der Waals surface area (Å²) in [5.41, 5.74) is 15.0. The van der Waals surface area contributed by atoms with Gasteiger partial charge in [0.2, 0.25) is 0 Å². The molecule has 3 aromatic rings. The van der Waals surface area contributed by atoms with Crippen LogP contribution in [0.3, 0.4) is 0 Å². The van der Waals surface area contributed by atoms with Gasteiger partial charge in [-0.2, -0.15) is 0 Å². The molecule has 1 heteroatoms. The number of hydrogen-bond acceptors (Lipinski definition) is 1. The Morgan fingerprint density at radius 3 is 1.84 bits per heavy atom. The third-order valence-corrected chi connectivity index (χ3v) is 6.82. The van der Waals surface area contributed by atoms with Gasteiger partial charge in [0.05, 0.1) is 5.92 Å². The van der Waals surface area contributed by atoms with Crippen molar-refractivity contribution in [3.8, 4) is 34.6 Å². The second-order valence-electron chi connectivity index (χ2n) is 8.72. The molecular weight excluding hydrogens is 386 g/mol. The molecule has 0 amide bonds. The highest BCUT2D eigenvalue weighted by Gasteiger charge is 2.25. The fourth-order valence-electron chi connectivity index (χ4n) is 4.73. The Morgan fingerprint density at radius 1 is 0.906 bits per heavy atom. The van der Waals surface area contributed by atoms with Crippen LogP contribution in [0.4, 0.5) is 5.69 Å². The number of allylic oxidation sites excluding steroid dienone is 1. The largest absolute Gasteiger partial charge is 0.387 e. The Hall–Kier alpha value is -3.24. The van der Waals surface area contributed by atoms with Gasteiger partial charge in [0.25, 0.3) is 0 Å². The van der Waals surface area contributed by atoms with E-state index in [4.69, 9.17) is 6.42 Å². The number of anilines is 1. The lowest BCUT2D eigenvalue weighted by Crippen LogP contribution is -2.10. The summed E-state index contributed by atoms with van der Waals surface area (Å²) in [7, 11) is 2.01. The number of benzene rings is 3. The predicted octanol–water partition coefficient (Wildman–Crippen LogP) is 8.07. The summed E-state index contributed by atoms with van der Waals surface area (Å²) >= 11 is 0. The Balaban J connectivity index is 2.55. The van der Waals surface area contributed by atoms with Crippen LogP contribution in [0.2, 0.25) is 0 Å². The highest BCUT2D eigenvalue weighted by molar-refractivity contribution is 5.92. The van der Waals surface area contributed by atoms with E-state index in [1.54, 1.807) is 0 Å². The second-order valence-corrected chi connectivity index (χ2v) is 8.72. The molecule has 0 saturated heterocycles. The van der Waals surface area contributed by atoms with Crippen molar-refractivity contribution in [2.24, 2.45) is 0 Å². The van der Waals surface area contributed by atoms with Gasteiger partial charge < -0.3 is 5.32 Å². The van der Waals surface area contributed by atoms with Crippen molar-refractivity contribution in [2.45, 2.75) is 53.9 Å². The zero-order valence-electron chi connectivity index (χ0n) is 20.6. The van der Waals surface area contributed by atoms with Crippen molar-refractivity contribution < 1.29 is 0 Å². The molecule has 1 nitrogen and oxygen atoms in total. The zero-order valence-corrected chi connectivity index (χ0v) is 20.6. The quantitative estimate of drug-likeness (QED) is 0.313. The topological polar surface area (TPSA) is 12.0 Å². The van der Waals surface area contributed by atoms with Crippen LogP contribution < -0.4 is 5.32 Å². The van der Waals surface area contributed by atoms with Crippen LogP contribution in [0.5, 0.6) is 0 Å². The average Bonchev–Trinajstić information content (AvgIpc) is 2.78. The molecule has 1 N–H and O–H groups in total. The molecule has 0 aliphatic rings. The van der Waals surface area contributed by atoms with Crippen molar-refractivity contribution in [1.29, 1.82) is 0 Å². The van der Waals surface area contributed by atoms with E-state index in [-0.39, 0.29) is 5.92 Å². The maximum absolute atomic E-state index is 6.03. The fourth-order valence-corrected chi connectivity index (χ4v) is 4.73. The van der Waals surface area contributed by atoms with E-state index in [0.29, 0.717) is 0 Å². The van der Waals surface area contributed by atoms with Crippen LogP contribution >= 0.6 is 0 Å². The van der Waals surface area contributed by atoms with Gasteiger partial charge in [-0.3, -0.25) is 0 Å². The molecule has 3 aromatic carbocycles. The van der Waals surface area contributed by atoms with Crippen LogP contribution in [0, 0.1) is 47.0 Å². The molecule has 0 spiro atoms. The third kappa shape index (κ3) is 3.98. The van der Waals surface area contributed by atoms with Gasteiger partial charge >= 0.3 is 0 Å². The number of terminal acetylenes is 1. The zero-order chi connectivity index (χ0) is 23.6. The number of aryl methyl sites for hydroxylation is 4. The van der Waals surface area contributed by atoms with Gasteiger partial charge in [0.1, 0.15) is 0 Å². The first-order valence-corrected chi connectivity index (χ1v) is 11.4. The summed E-state index contributed by atoms with van der Waals surface area (Å²) in [4.78, 5) is 0. The minimum atomic E-state index is -0.152. The molecule has 164 valence electrons. The average molecular weight is 422 g/mol. The molecule has 0 aromatic heterocycles. The summed E-state index contributed by atoms with van der Waals surface area (Å²) in [5, 5.41) is 3.53. The molecule has 0 saturated carbocycles. The summed E-state index contributed by atoms with van der Waals surface area (Å²) in [5.74, 6) is 2.84. The normalized spacial score (nSPS) is 11.7. The highest BCUT2D eigenvalue weighted by atomic mass is 14.8. The van der Waals surface area contributed by atoms with Crippen molar-refractivity contribution in [3.05, 3.63) is 88.0 Å². The van der Waals surface area contributed by atoms with Crippen LogP contribution in [-0.2, 0) is 6.42 Å². The lowest BCUT2D eigenvalue weighted by molar-refractivity contribution is 1.03. The van der Waals surface area contributed by atoms with E-state index < -0.39 is 0 Å². The van der Waals surface area contributed by atoms with E-state index in [0.717, 1.165) is 12.1 Å². The highest BCUT2D eigenvalue weighted by Crippen LogP contribution is 2.46. The Labute approximate surface area is 194 Å². The lowest BCUT2D eigenvalue weighted by Gasteiger charge is -2.27. The molecule has 0 heterocycles.